The Hall–Kier alpha value is -0.570. The average Bonchev–Trinajstić information content (AvgIpc) is 2.52. The Labute approximate surface area is 134 Å². The van der Waals surface area contributed by atoms with Gasteiger partial charge in [-0.25, -0.2) is 0 Å². The lowest BCUT2D eigenvalue weighted by Gasteiger charge is -2.30. The molecular weight excluding hydrogens is 284 g/mol. The molecule has 0 bridgehead atoms. The molecule has 0 fully saturated rings. The second kappa shape index (κ2) is 10.2. The van der Waals surface area contributed by atoms with E-state index in [4.69, 9.17) is 11.6 Å². The molecule has 0 aliphatic carbocycles. The molecule has 0 aromatic heterocycles. The largest absolute Gasteiger partial charge is 0.395 e. The number of hydrogen-bond acceptors (Lipinski definition) is 2. The highest BCUT2D eigenvalue weighted by atomic mass is 35.5. The Morgan fingerprint density at radius 3 is 1.90 bits per heavy atom. The lowest BCUT2D eigenvalue weighted by Crippen LogP contribution is -2.34. The topological polar surface area (TPSA) is 40.5 Å². The average molecular weight is 313 g/mol. The van der Waals surface area contributed by atoms with Crippen molar-refractivity contribution in [2.24, 2.45) is 0 Å². The van der Waals surface area contributed by atoms with Gasteiger partial charge in [-0.1, -0.05) is 75.6 Å². The van der Waals surface area contributed by atoms with Gasteiger partial charge in [0.05, 0.1) is 13.2 Å². The zero-order valence-electron chi connectivity index (χ0n) is 13.2. The molecule has 0 amide bonds. The van der Waals surface area contributed by atoms with Crippen LogP contribution in [0.3, 0.4) is 0 Å². The number of halogens is 1. The van der Waals surface area contributed by atoms with Crippen LogP contribution in [-0.2, 0) is 5.41 Å². The molecule has 0 atom stereocenters. The van der Waals surface area contributed by atoms with Crippen LogP contribution in [0.25, 0.3) is 0 Å². The molecule has 0 aliphatic rings. The normalized spacial score (nSPS) is 11.8. The highest BCUT2D eigenvalue weighted by molar-refractivity contribution is 6.30. The number of hydrogen-bond donors (Lipinski definition) is 2. The molecule has 0 spiro atoms. The van der Waals surface area contributed by atoms with Gasteiger partial charge in [0.2, 0.25) is 0 Å². The van der Waals surface area contributed by atoms with Crippen molar-refractivity contribution in [1.82, 2.24) is 0 Å². The molecule has 1 aromatic rings. The van der Waals surface area contributed by atoms with Crippen molar-refractivity contribution in [2.75, 3.05) is 13.2 Å². The maximum absolute atomic E-state index is 9.78. The van der Waals surface area contributed by atoms with Gasteiger partial charge in [0.15, 0.2) is 0 Å². The van der Waals surface area contributed by atoms with E-state index >= 15 is 0 Å². The molecule has 0 radical (unpaired) electrons. The number of unbranched alkanes of at least 4 members (excludes halogenated alkanes) is 6. The summed E-state index contributed by atoms with van der Waals surface area (Å²) in [6, 6.07) is 7.47. The molecule has 2 N–H and O–H groups in total. The van der Waals surface area contributed by atoms with E-state index in [0.29, 0.717) is 5.02 Å². The third kappa shape index (κ3) is 5.98. The molecule has 0 aliphatic heterocycles. The van der Waals surface area contributed by atoms with Crippen LogP contribution in [0.1, 0.15) is 63.9 Å². The minimum absolute atomic E-state index is 0.0268. The fourth-order valence-corrected chi connectivity index (χ4v) is 2.88. The molecule has 2 nitrogen and oxygen atoms in total. The zero-order valence-corrected chi connectivity index (χ0v) is 13.9. The van der Waals surface area contributed by atoms with E-state index in [1.54, 1.807) is 0 Å². The Kier molecular flexibility index (Phi) is 8.98. The maximum Gasteiger partial charge on any atom is 0.0550 e. The molecule has 0 saturated heterocycles. The van der Waals surface area contributed by atoms with E-state index in [-0.39, 0.29) is 13.2 Å². The van der Waals surface area contributed by atoms with E-state index in [2.05, 4.69) is 6.92 Å². The fraction of sp³-hybridized carbons (Fsp3) is 0.667. The van der Waals surface area contributed by atoms with Crippen molar-refractivity contribution < 1.29 is 10.2 Å². The van der Waals surface area contributed by atoms with E-state index < -0.39 is 5.41 Å². The van der Waals surface area contributed by atoms with E-state index in [9.17, 15) is 10.2 Å². The molecule has 21 heavy (non-hydrogen) atoms. The van der Waals surface area contributed by atoms with Crippen LogP contribution >= 0.6 is 11.6 Å². The smallest absolute Gasteiger partial charge is 0.0550 e. The molecule has 0 unspecified atom stereocenters. The zero-order chi connectivity index (χ0) is 15.6. The summed E-state index contributed by atoms with van der Waals surface area (Å²) in [5.74, 6) is 0. The van der Waals surface area contributed by atoms with Crippen LogP contribution in [0, 0.1) is 0 Å². The molecular formula is C18H29ClO2. The van der Waals surface area contributed by atoms with Crippen molar-refractivity contribution in [2.45, 2.75) is 63.7 Å². The summed E-state index contributed by atoms with van der Waals surface area (Å²) in [5.41, 5.74) is 0.441. The van der Waals surface area contributed by atoms with Crippen molar-refractivity contribution in [1.29, 1.82) is 0 Å². The van der Waals surface area contributed by atoms with Crippen LogP contribution in [0.4, 0.5) is 0 Å². The predicted molar refractivity (Wildman–Crippen MR) is 89.9 cm³/mol. The number of aliphatic hydroxyl groups is 2. The van der Waals surface area contributed by atoms with Crippen LogP contribution < -0.4 is 0 Å². The molecule has 1 aromatic carbocycles. The Balaban J connectivity index is 2.47. The standard InChI is InChI=1S/C18H29ClO2/c1-2-3-4-5-6-7-8-13-18(14-20,15-21)16-9-11-17(19)12-10-16/h9-12,20-21H,2-8,13-15H2,1H3. The minimum Gasteiger partial charge on any atom is -0.395 e. The van der Waals surface area contributed by atoms with Gasteiger partial charge in [-0.3, -0.25) is 0 Å². The Bertz CT molecular complexity index is 371. The lowest BCUT2D eigenvalue weighted by atomic mass is 9.77. The van der Waals surface area contributed by atoms with Crippen LogP contribution in [-0.4, -0.2) is 23.4 Å². The van der Waals surface area contributed by atoms with Crippen molar-refractivity contribution in [3.63, 3.8) is 0 Å². The Morgan fingerprint density at radius 2 is 1.38 bits per heavy atom. The van der Waals surface area contributed by atoms with Gasteiger partial charge < -0.3 is 10.2 Å². The molecule has 0 heterocycles. The van der Waals surface area contributed by atoms with Crippen LogP contribution in [0.5, 0.6) is 0 Å². The highest BCUT2D eigenvalue weighted by Crippen LogP contribution is 2.30. The monoisotopic (exact) mass is 312 g/mol. The molecule has 0 saturated carbocycles. The second-order valence-corrected chi connectivity index (χ2v) is 6.41. The summed E-state index contributed by atoms with van der Waals surface area (Å²) in [5, 5.41) is 20.2. The van der Waals surface area contributed by atoms with Gasteiger partial charge in [-0.2, -0.15) is 0 Å². The number of aliphatic hydroxyl groups excluding tert-OH is 2. The summed E-state index contributed by atoms with van der Waals surface area (Å²) in [6.45, 7) is 2.17. The van der Waals surface area contributed by atoms with Crippen molar-refractivity contribution >= 4 is 11.6 Å². The predicted octanol–water partition coefficient (Wildman–Crippen LogP) is 4.70. The summed E-state index contributed by atoms with van der Waals surface area (Å²) >= 11 is 5.91. The highest BCUT2D eigenvalue weighted by Gasteiger charge is 2.30. The summed E-state index contributed by atoms with van der Waals surface area (Å²) in [4.78, 5) is 0. The van der Waals surface area contributed by atoms with Gasteiger partial charge in [0.25, 0.3) is 0 Å². The van der Waals surface area contributed by atoms with Crippen LogP contribution in [0.2, 0.25) is 5.02 Å². The Morgan fingerprint density at radius 1 is 0.857 bits per heavy atom. The summed E-state index contributed by atoms with van der Waals surface area (Å²) < 4.78 is 0. The van der Waals surface area contributed by atoms with Gasteiger partial charge in [0.1, 0.15) is 0 Å². The van der Waals surface area contributed by atoms with Gasteiger partial charge in [-0.05, 0) is 24.1 Å². The van der Waals surface area contributed by atoms with Crippen molar-refractivity contribution in [3.8, 4) is 0 Å². The molecule has 3 heteroatoms. The third-order valence-corrected chi connectivity index (χ3v) is 4.57. The minimum atomic E-state index is -0.534. The molecule has 120 valence electrons. The second-order valence-electron chi connectivity index (χ2n) is 5.97. The summed E-state index contributed by atoms with van der Waals surface area (Å²) in [6.07, 6.45) is 9.47. The van der Waals surface area contributed by atoms with Crippen molar-refractivity contribution in [3.05, 3.63) is 34.9 Å². The molecule has 1 rings (SSSR count). The SMILES string of the molecule is CCCCCCCCCC(CO)(CO)c1ccc(Cl)cc1. The first kappa shape index (κ1) is 18.5. The van der Waals surface area contributed by atoms with Gasteiger partial charge >= 0.3 is 0 Å². The lowest BCUT2D eigenvalue weighted by molar-refractivity contribution is 0.107. The van der Waals surface area contributed by atoms with E-state index in [0.717, 1.165) is 18.4 Å². The quantitative estimate of drug-likeness (QED) is 0.581. The third-order valence-electron chi connectivity index (χ3n) is 4.32. The first-order valence-corrected chi connectivity index (χ1v) is 8.54. The van der Waals surface area contributed by atoms with Crippen LogP contribution in [0.15, 0.2) is 24.3 Å². The first-order valence-electron chi connectivity index (χ1n) is 8.16. The summed E-state index contributed by atoms with van der Waals surface area (Å²) in [7, 11) is 0. The van der Waals surface area contributed by atoms with E-state index in [1.807, 2.05) is 24.3 Å². The number of benzene rings is 1. The van der Waals surface area contributed by atoms with E-state index in [1.165, 1.54) is 38.5 Å². The first-order chi connectivity index (χ1) is 10.2. The van der Waals surface area contributed by atoms with Gasteiger partial charge in [-0.15, -0.1) is 0 Å². The number of rotatable bonds is 11. The maximum atomic E-state index is 9.78. The fourth-order valence-electron chi connectivity index (χ4n) is 2.76. The van der Waals surface area contributed by atoms with Gasteiger partial charge in [0, 0.05) is 10.4 Å².